The fourth-order valence-electron chi connectivity index (χ4n) is 4.75. The molecule has 178 valence electrons. The molecule has 0 radical (unpaired) electrons. The number of rotatable bonds is 6. The largest absolute Gasteiger partial charge is 0.497 e. The zero-order valence-corrected chi connectivity index (χ0v) is 19.6. The molecule has 2 aliphatic heterocycles. The van der Waals surface area contributed by atoms with E-state index in [4.69, 9.17) is 25.2 Å². The average Bonchev–Trinajstić information content (AvgIpc) is 2.89. The van der Waals surface area contributed by atoms with Gasteiger partial charge in [-0.25, -0.2) is 19.9 Å². The Bertz CT molecular complexity index is 1100. The SMILES string of the molecule is COc1ccc(-c2cnc(N)nc2C2CCCN(Cc3ccnc(N4CCOCC4)n3)C2)cc1. The molecule has 2 N–H and O–H groups in total. The van der Waals surface area contributed by atoms with Crippen LogP contribution in [0.25, 0.3) is 11.1 Å². The highest BCUT2D eigenvalue weighted by Crippen LogP contribution is 2.34. The maximum absolute atomic E-state index is 6.02. The number of ether oxygens (including phenoxy) is 2. The number of aromatic nitrogens is 4. The van der Waals surface area contributed by atoms with E-state index in [1.807, 2.05) is 42.7 Å². The molecule has 9 heteroatoms. The molecule has 1 aromatic carbocycles. The van der Waals surface area contributed by atoms with Crippen molar-refractivity contribution in [3.05, 3.63) is 54.1 Å². The first kappa shape index (κ1) is 22.5. The number of methoxy groups -OCH3 is 1. The van der Waals surface area contributed by atoms with Crippen molar-refractivity contribution in [2.45, 2.75) is 25.3 Å². The topological polar surface area (TPSA) is 103 Å². The number of nitrogen functional groups attached to an aromatic ring is 1. The third kappa shape index (κ3) is 5.10. The number of hydrogen-bond donors (Lipinski definition) is 1. The lowest BCUT2D eigenvalue weighted by atomic mass is 9.90. The number of nitrogens with two attached hydrogens (primary N) is 1. The molecule has 0 spiro atoms. The number of nitrogens with zero attached hydrogens (tertiary/aromatic N) is 6. The molecule has 0 aliphatic carbocycles. The van der Waals surface area contributed by atoms with Gasteiger partial charge in [0.1, 0.15) is 5.75 Å². The Balaban J connectivity index is 1.33. The Morgan fingerprint density at radius 1 is 1.06 bits per heavy atom. The highest BCUT2D eigenvalue weighted by atomic mass is 16.5. The first-order chi connectivity index (χ1) is 16.7. The van der Waals surface area contributed by atoms with Crippen LogP contribution >= 0.6 is 0 Å². The minimum Gasteiger partial charge on any atom is -0.497 e. The molecule has 1 unspecified atom stereocenters. The number of likely N-dealkylation sites (tertiary alicyclic amines) is 1. The molecule has 9 nitrogen and oxygen atoms in total. The quantitative estimate of drug-likeness (QED) is 0.593. The molecule has 2 saturated heterocycles. The Labute approximate surface area is 200 Å². The van der Waals surface area contributed by atoms with Gasteiger partial charge in [-0.15, -0.1) is 0 Å². The second kappa shape index (κ2) is 10.3. The summed E-state index contributed by atoms with van der Waals surface area (Å²) in [6.07, 6.45) is 5.87. The van der Waals surface area contributed by atoms with Crippen LogP contribution < -0.4 is 15.4 Å². The van der Waals surface area contributed by atoms with Crippen LogP contribution in [0.1, 0.15) is 30.1 Å². The Morgan fingerprint density at radius 2 is 1.88 bits per heavy atom. The average molecular weight is 462 g/mol. The Hall–Kier alpha value is -3.30. The smallest absolute Gasteiger partial charge is 0.225 e. The van der Waals surface area contributed by atoms with E-state index in [0.29, 0.717) is 5.95 Å². The van der Waals surface area contributed by atoms with Gasteiger partial charge in [-0.3, -0.25) is 4.90 Å². The van der Waals surface area contributed by atoms with Crippen LogP contribution in [-0.2, 0) is 11.3 Å². The van der Waals surface area contributed by atoms with Crippen LogP contribution in [0.4, 0.5) is 11.9 Å². The summed E-state index contributed by atoms with van der Waals surface area (Å²) in [5.41, 5.74) is 10.2. The molecule has 0 amide bonds. The third-order valence-electron chi connectivity index (χ3n) is 6.51. The van der Waals surface area contributed by atoms with Gasteiger partial charge >= 0.3 is 0 Å². The minimum absolute atomic E-state index is 0.275. The van der Waals surface area contributed by atoms with Gasteiger partial charge in [-0.05, 0) is 43.1 Å². The van der Waals surface area contributed by atoms with E-state index < -0.39 is 0 Å². The van der Waals surface area contributed by atoms with Crippen molar-refractivity contribution < 1.29 is 9.47 Å². The number of piperidine rings is 1. The fourth-order valence-corrected chi connectivity index (χ4v) is 4.75. The van der Waals surface area contributed by atoms with Crippen molar-refractivity contribution in [2.75, 3.05) is 57.1 Å². The summed E-state index contributed by atoms with van der Waals surface area (Å²) in [4.78, 5) is 23.0. The van der Waals surface area contributed by atoms with Crippen LogP contribution in [0.5, 0.6) is 5.75 Å². The third-order valence-corrected chi connectivity index (χ3v) is 6.51. The van der Waals surface area contributed by atoms with Crippen LogP contribution in [0.15, 0.2) is 42.7 Å². The second-order valence-electron chi connectivity index (χ2n) is 8.78. The van der Waals surface area contributed by atoms with Crippen molar-refractivity contribution in [3.63, 3.8) is 0 Å². The number of anilines is 2. The van der Waals surface area contributed by atoms with Crippen molar-refractivity contribution in [1.82, 2.24) is 24.8 Å². The zero-order valence-electron chi connectivity index (χ0n) is 19.6. The summed E-state index contributed by atoms with van der Waals surface area (Å²) in [5.74, 6) is 2.21. The van der Waals surface area contributed by atoms with Gasteiger partial charge in [0, 0.05) is 50.1 Å². The first-order valence-corrected chi connectivity index (χ1v) is 11.8. The van der Waals surface area contributed by atoms with Crippen molar-refractivity contribution >= 4 is 11.9 Å². The van der Waals surface area contributed by atoms with Gasteiger partial charge in [0.25, 0.3) is 0 Å². The normalized spacial score (nSPS) is 19.2. The molecule has 2 aromatic heterocycles. The van der Waals surface area contributed by atoms with Gasteiger partial charge < -0.3 is 20.1 Å². The monoisotopic (exact) mass is 461 g/mol. The van der Waals surface area contributed by atoms with Crippen LogP contribution in [0.3, 0.4) is 0 Å². The molecule has 2 fully saturated rings. The van der Waals surface area contributed by atoms with Gasteiger partial charge in [-0.1, -0.05) is 12.1 Å². The van der Waals surface area contributed by atoms with Gasteiger partial charge in [0.2, 0.25) is 11.9 Å². The molecule has 1 atom stereocenters. The van der Waals surface area contributed by atoms with E-state index in [1.165, 1.54) is 0 Å². The second-order valence-corrected chi connectivity index (χ2v) is 8.78. The van der Waals surface area contributed by atoms with E-state index in [0.717, 1.165) is 93.0 Å². The van der Waals surface area contributed by atoms with Gasteiger partial charge in [0.15, 0.2) is 0 Å². The molecule has 34 heavy (non-hydrogen) atoms. The first-order valence-electron chi connectivity index (χ1n) is 11.8. The van der Waals surface area contributed by atoms with E-state index in [2.05, 4.69) is 19.8 Å². The molecule has 3 aromatic rings. The fraction of sp³-hybridized carbons (Fsp3) is 0.440. The lowest BCUT2D eigenvalue weighted by Gasteiger charge is -2.33. The minimum atomic E-state index is 0.275. The highest BCUT2D eigenvalue weighted by molar-refractivity contribution is 5.67. The van der Waals surface area contributed by atoms with Gasteiger partial charge in [-0.2, -0.15) is 0 Å². The van der Waals surface area contributed by atoms with Crippen molar-refractivity contribution in [3.8, 4) is 16.9 Å². The molecule has 0 saturated carbocycles. The summed E-state index contributed by atoms with van der Waals surface area (Å²) in [7, 11) is 1.67. The van der Waals surface area contributed by atoms with E-state index in [1.54, 1.807) is 7.11 Å². The van der Waals surface area contributed by atoms with E-state index in [9.17, 15) is 0 Å². The summed E-state index contributed by atoms with van der Waals surface area (Å²) in [6.45, 7) is 5.83. The van der Waals surface area contributed by atoms with Gasteiger partial charge in [0.05, 0.1) is 31.7 Å². The number of benzene rings is 1. The summed E-state index contributed by atoms with van der Waals surface area (Å²) in [6, 6.07) is 10.0. The van der Waals surface area contributed by atoms with Crippen molar-refractivity contribution in [2.24, 2.45) is 0 Å². The summed E-state index contributed by atoms with van der Waals surface area (Å²) >= 11 is 0. The number of morpholine rings is 1. The standard InChI is InChI=1S/C25H31N7O2/c1-33-21-6-4-18(5-7-21)22-15-28-24(26)30-23(22)19-3-2-10-31(16-19)17-20-8-9-27-25(29-20)32-11-13-34-14-12-32/h4-9,15,19H,2-3,10-14,16-17H2,1H3,(H2,26,28,30). The molecular weight excluding hydrogens is 430 g/mol. The van der Waals surface area contributed by atoms with E-state index in [-0.39, 0.29) is 5.92 Å². The molecule has 5 rings (SSSR count). The van der Waals surface area contributed by atoms with Crippen LogP contribution in [0.2, 0.25) is 0 Å². The maximum Gasteiger partial charge on any atom is 0.225 e. The molecule has 4 heterocycles. The summed E-state index contributed by atoms with van der Waals surface area (Å²) in [5, 5.41) is 0. The lowest BCUT2D eigenvalue weighted by molar-refractivity contribution is 0.122. The molecule has 0 bridgehead atoms. The Kier molecular flexibility index (Phi) is 6.82. The highest BCUT2D eigenvalue weighted by Gasteiger charge is 2.26. The predicted molar refractivity (Wildman–Crippen MR) is 131 cm³/mol. The van der Waals surface area contributed by atoms with E-state index >= 15 is 0 Å². The van der Waals surface area contributed by atoms with Crippen LogP contribution in [0, 0.1) is 0 Å². The molecule has 2 aliphatic rings. The lowest BCUT2D eigenvalue weighted by Crippen LogP contribution is -2.38. The maximum atomic E-state index is 6.02. The number of hydrogen-bond acceptors (Lipinski definition) is 9. The summed E-state index contributed by atoms with van der Waals surface area (Å²) < 4.78 is 10.8. The van der Waals surface area contributed by atoms with Crippen LogP contribution in [-0.4, -0.2) is 71.3 Å². The predicted octanol–water partition coefficient (Wildman–Crippen LogP) is 2.74. The van der Waals surface area contributed by atoms with Crippen molar-refractivity contribution in [1.29, 1.82) is 0 Å². The molecular formula is C25H31N7O2. The Morgan fingerprint density at radius 3 is 2.68 bits per heavy atom. The zero-order chi connectivity index (χ0) is 23.3.